The van der Waals surface area contributed by atoms with Gasteiger partial charge < -0.3 is 13.3 Å². The monoisotopic (exact) mass is 273 g/mol. The molecule has 0 aromatic rings. The quantitative estimate of drug-likeness (QED) is 0.541. The molecule has 0 saturated carbocycles. The summed E-state index contributed by atoms with van der Waals surface area (Å²) in [4.78, 5) is 23.4. The first-order valence-corrected chi connectivity index (χ1v) is 7.73. The minimum atomic E-state index is -3.28. The normalized spacial score (nSPS) is 16.4. The van der Waals surface area contributed by atoms with Gasteiger partial charge in [0.25, 0.3) is 11.8 Å². The molecule has 0 fully saturated rings. The highest BCUT2D eigenvalue weighted by Gasteiger charge is 2.53. The first-order valence-electron chi connectivity index (χ1n) is 6.01. The second-order valence-corrected chi connectivity index (χ2v) is 6.12. The third-order valence-electron chi connectivity index (χ3n) is 2.48. The van der Waals surface area contributed by atoms with Gasteiger partial charge in [0, 0.05) is 25.4 Å². The van der Waals surface area contributed by atoms with Crippen molar-refractivity contribution in [1.82, 2.24) is 5.32 Å². The van der Waals surface area contributed by atoms with Crippen molar-refractivity contribution in [2.75, 3.05) is 19.8 Å². The van der Waals surface area contributed by atoms with Gasteiger partial charge in [0.05, 0.1) is 5.20 Å². The fourth-order valence-electron chi connectivity index (χ4n) is 1.82. The van der Waals surface area contributed by atoms with Crippen LogP contribution < -0.4 is 5.32 Å². The molecule has 1 aliphatic heterocycles. The number of carbonyl (C=O) groups is 2. The topological polar surface area (TPSA) is 73.9 Å². The zero-order valence-corrected chi connectivity index (χ0v) is 12.2. The summed E-state index contributed by atoms with van der Waals surface area (Å²) >= 11 is 0. The highest BCUT2D eigenvalue weighted by molar-refractivity contribution is 6.76. The molecule has 1 N–H and O–H groups in total. The van der Waals surface area contributed by atoms with E-state index in [0.29, 0.717) is 25.4 Å². The molecule has 0 radical (unpaired) electrons. The van der Waals surface area contributed by atoms with Gasteiger partial charge in [-0.2, -0.15) is 0 Å². The zero-order chi connectivity index (χ0) is 13.8. The van der Waals surface area contributed by atoms with Crippen LogP contribution in [0.1, 0.15) is 27.7 Å². The third-order valence-corrected chi connectivity index (χ3v) is 5.70. The number of amides is 2. The van der Waals surface area contributed by atoms with Crippen LogP contribution in [-0.2, 0) is 22.9 Å². The predicted octanol–water partition coefficient (Wildman–Crippen LogP) is 0.547. The van der Waals surface area contributed by atoms with Crippen LogP contribution >= 0.6 is 0 Å². The number of hydrogen-bond acceptors (Lipinski definition) is 5. The van der Waals surface area contributed by atoms with Crippen molar-refractivity contribution < 1.29 is 22.9 Å². The summed E-state index contributed by atoms with van der Waals surface area (Å²) in [7, 11) is -3.28. The molecule has 1 heterocycles. The van der Waals surface area contributed by atoms with E-state index in [9.17, 15) is 9.59 Å². The van der Waals surface area contributed by atoms with Gasteiger partial charge in [-0.05, 0) is 27.7 Å². The minimum absolute atomic E-state index is 0.234. The number of nitrogens with one attached hydrogen (secondary N) is 1. The minimum Gasteiger partial charge on any atom is -0.370 e. The van der Waals surface area contributed by atoms with Crippen LogP contribution in [0, 0.1) is 0 Å². The van der Waals surface area contributed by atoms with Gasteiger partial charge in [0.2, 0.25) is 0 Å². The lowest BCUT2D eigenvalue weighted by molar-refractivity contribution is -0.124. The largest absolute Gasteiger partial charge is 0.543 e. The van der Waals surface area contributed by atoms with Crippen LogP contribution in [0.25, 0.3) is 0 Å². The van der Waals surface area contributed by atoms with Crippen LogP contribution in [0.5, 0.6) is 0 Å². The second-order valence-electron chi connectivity index (χ2n) is 3.64. The van der Waals surface area contributed by atoms with E-state index in [4.69, 9.17) is 13.3 Å². The Morgan fingerprint density at radius 3 is 1.67 bits per heavy atom. The summed E-state index contributed by atoms with van der Waals surface area (Å²) in [6.45, 7) is 8.02. The number of imide groups is 1. The van der Waals surface area contributed by atoms with Crippen LogP contribution in [0.15, 0.2) is 10.8 Å². The molecule has 7 heteroatoms. The summed E-state index contributed by atoms with van der Waals surface area (Å²) in [6.07, 6.45) is 0. The summed E-state index contributed by atoms with van der Waals surface area (Å²) in [5, 5.41) is 2.47. The van der Waals surface area contributed by atoms with E-state index in [1.165, 1.54) is 0 Å². The fraction of sp³-hybridized carbons (Fsp3) is 0.636. The molecule has 0 aliphatic carbocycles. The third kappa shape index (κ3) is 2.69. The highest BCUT2D eigenvalue weighted by Crippen LogP contribution is 2.26. The maximum atomic E-state index is 11.9. The maximum absolute atomic E-state index is 11.9. The lowest BCUT2D eigenvalue weighted by Crippen LogP contribution is -2.51. The van der Waals surface area contributed by atoms with Crippen LogP contribution in [0.2, 0.25) is 0 Å². The van der Waals surface area contributed by atoms with Crippen LogP contribution in [-0.4, -0.2) is 40.4 Å². The van der Waals surface area contributed by atoms with Gasteiger partial charge >= 0.3 is 8.80 Å². The molecule has 0 unspecified atom stereocenters. The molecule has 1 rings (SSSR count). The number of rotatable bonds is 7. The van der Waals surface area contributed by atoms with E-state index in [1.807, 2.05) is 0 Å². The first kappa shape index (κ1) is 15.0. The lowest BCUT2D eigenvalue weighted by Gasteiger charge is -2.28. The van der Waals surface area contributed by atoms with E-state index in [0.717, 1.165) is 0 Å². The molecule has 1 aliphatic rings. The number of carbonyl (C=O) groups excluding carboxylic acids is 2. The summed E-state index contributed by atoms with van der Waals surface area (Å²) in [5.41, 5.74) is 0.321. The highest BCUT2D eigenvalue weighted by atomic mass is 28.4. The summed E-state index contributed by atoms with van der Waals surface area (Å²) in [6, 6.07) is 0. The van der Waals surface area contributed by atoms with E-state index < -0.39 is 20.6 Å². The Hall–Kier alpha value is -1.02. The zero-order valence-electron chi connectivity index (χ0n) is 11.2. The lowest BCUT2D eigenvalue weighted by atomic mass is 10.3. The maximum Gasteiger partial charge on any atom is 0.543 e. The van der Waals surface area contributed by atoms with Crippen LogP contribution in [0.3, 0.4) is 0 Å². The molecule has 0 spiro atoms. The Morgan fingerprint density at radius 1 is 0.944 bits per heavy atom. The van der Waals surface area contributed by atoms with Gasteiger partial charge in [-0.15, -0.1) is 0 Å². The summed E-state index contributed by atoms with van der Waals surface area (Å²) < 4.78 is 16.8. The van der Waals surface area contributed by atoms with Gasteiger partial charge in [-0.3, -0.25) is 14.9 Å². The molecule has 0 aromatic carbocycles. The van der Waals surface area contributed by atoms with Crippen molar-refractivity contribution >= 4 is 20.6 Å². The average Bonchev–Trinajstić information content (AvgIpc) is 2.54. The molecular formula is C11H19NO5Si. The van der Waals surface area contributed by atoms with Gasteiger partial charge in [0.1, 0.15) is 0 Å². The SMILES string of the molecule is CCO[Si](OCC)(OCC)C1=C(C)C(=O)NC1=O. The summed E-state index contributed by atoms with van der Waals surface area (Å²) in [5.74, 6) is -0.884. The van der Waals surface area contributed by atoms with Gasteiger partial charge in [-0.25, -0.2) is 0 Å². The van der Waals surface area contributed by atoms with E-state index in [1.54, 1.807) is 27.7 Å². The van der Waals surface area contributed by atoms with Crippen molar-refractivity contribution in [1.29, 1.82) is 0 Å². The molecule has 102 valence electrons. The van der Waals surface area contributed by atoms with Crippen molar-refractivity contribution in [2.45, 2.75) is 27.7 Å². The molecule has 2 amide bonds. The molecule has 0 saturated heterocycles. The van der Waals surface area contributed by atoms with E-state index >= 15 is 0 Å². The fourth-order valence-corrected chi connectivity index (χ4v) is 4.56. The molecule has 18 heavy (non-hydrogen) atoms. The van der Waals surface area contributed by atoms with E-state index in [-0.39, 0.29) is 5.20 Å². The standard InChI is InChI=1S/C11H19NO5Si/c1-5-15-18(16-6-2,17-7-3)9-8(4)10(13)12-11(9)14/h5-7H2,1-4H3,(H,12,13,14). The second kappa shape index (κ2) is 6.23. The smallest absolute Gasteiger partial charge is 0.370 e. The Kier molecular flexibility index (Phi) is 5.21. The van der Waals surface area contributed by atoms with Crippen molar-refractivity contribution in [2.24, 2.45) is 0 Å². The number of hydrogen-bond donors (Lipinski definition) is 1. The molecule has 0 aromatic heterocycles. The van der Waals surface area contributed by atoms with Crippen molar-refractivity contribution in [3.63, 3.8) is 0 Å². The van der Waals surface area contributed by atoms with E-state index in [2.05, 4.69) is 5.32 Å². The Morgan fingerprint density at radius 2 is 1.39 bits per heavy atom. The first-order chi connectivity index (χ1) is 8.52. The van der Waals surface area contributed by atoms with Gasteiger partial charge in [0.15, 0.2) is 0 Å². The Balaban J connectivity index is 3.23. The van der Waals surface area contributed by atoms with Crippen molar-refractivity contribution in [3.8, 4) is 0 Å². The van der Waals surface area contributed by atoms with Crippen molar-refractivity contribution in [3.05, 3.63) is 10.8 Å². The molecule has 6 nitrogen and oxygen atoms in total. The van der Waals surface area contributed by atoms with Gasteiger partial charge in [-0.1, -0.05) is 0 Å². The predicted molar refractivity (Wildman–Crippen MR) is 66.5 cm³/mol. The molecule has 0 bridgehead atoms. The average molecular weight is 273 g/mol. The Bertz CT molecular complexity index is 363. The molecular weight excluding hydrogens is 254 g/mol. The molecule has 0 atom stereocenters. The Labute approximate surface area is 108 Å². The van der Waals surface area contributed by atoms with Crippen LogP contribution in [0.4, 0.5) is 0 Å².